The first kappa shape index (κ1) is 20.0. The van der Waals surface area contributed by atoms with Crippen LogP contribution in [0.15, 0.2) is 29.1 Å². The van der Waals surface area contributed by atoms with Gasteiger partial charge >= 0.3 is 5.97 Å². The molecule has 28 heavy (non-hydrogen) atoms. The smallest absolute Gasteiger partial charge is 0.360 e. The first-order valence-electron chi connectivity index (χ1n) is 10.0. The Bertz CT molecular complexity index is 915. The van der Waals surface area contributed by atoms with Gasteiger partial charge < -0.3 is 10.1 Å². The van der Waals surface area contributed by atoms with Crippen molar-refractivity contribution in [1.82, 2.24) is 15.1 Å². The van der Waals surface area contributed by atoms with Crippen LogP contribution in [0, 0.1) is 0 Å². The Morgan fingerprint density at radius 2 is 1.89 bits per heavy atom. The molecule has 0 spiro atoms. The van der Waals surface area contributed by atoms with Crippen molar-refractivity contribution in [3.8, 4) is 0 Å². The van der Waals surface area contributed by atoms with E-state index < -0.39 is 12.1 Å². The molecular formula is C21H27N3O4. The fraction of sp³-hybridized carbons (Fsp3) is 0.524. The van der Waals surface area contributed by atoms with Crippen molar-refractivity contribution >= 4 is 22.6 Å². The van der Waals surface area contributed by atoms with Gasteiger partial charge in [0.2, 0.25) is 0 Å². The number of esters is 1. The van der Waals surface area contributed by atoms with Gasteiger partial charge in [-0.25, -0.2) is 9.48 Å². The first-order chi connectivity index (χ1) is 13.5. The average molecular weight is 385 g/mol. The number of rotatable bonds is 6. The van der Waals surface area contributed by atoms with Crippen LogP contribution in [0.1, 0.15) is 62.9 Å². The summed E-state index contributed by atoms with van der Waals surface area (Å²) < 4.78 is 6.68. The highest BCUT2D eigenvalue weighted by molar-refractivity contribution is 6.02. The zero-order chi connectivity index (χ0) is 20.1. The van der Waals surface area contributed by atoms with Gasteiger partial charge in [0, 0.05) is 18.0 Å². The summed E-state index contributed by atoms with van der Waals surface area (Å²) in [7, 11) is 0. The molecule has 1 N–H and O–H groups in total. The second-order valence-electron chi connectivity index (χ2n) is 7.31. The molecule has 3 rings (SSSR count). The quantitative estimate of drug-likeness (QED) is 0.772. The van der Waals surface area contributed by atoms with Gasteiger partial charge in [-0.2, -0.15) is 5.10 Å². The Morgan fingerprint density at radius 3 is 2.57 bits per heavy atom. The van der Waals surface area contributed by atoms with E-state index in [0.29, 0.717) is 23.7 Å². The molecule has 1 saturated carbocycles. The van der Waals surface area contributed by atoms with E-state index in [0.717, 1.165) is 25.7 Å². The van der Waals surface area contributed by atoms with Crippen molar-refractivity contribution < 1.29 is 14.3 Å². The monoisotopic (exact) mass is 385 g/mol. The highest BCUT2D eigenvalue weighted by Gasteiger charge is 2.25. The number of aromatic nitrogens is 2. The van der Waals surface area contributed by atoms with Crippen LogP contribution >= 0.6 is 0 Å². The number of aryl methyl sites for hydroxylation is 1. The Balaban J connectivity index is 1.79. The lowest BCUT2D eigenvalue weighted by Crippen LogP contribution is -2.43. The molecule has 1 heterocycles. The molecule has 7 nitrogen and oxygen atoms in total. The highest BCUT2D eigenvalue weighted by atomic mass is 16.5. The largest absolute Gasteiger partial charge is 0.448 e. The molecule has 0 saturated heterocycles. The van der Waals surface area contributed by atoms with E-state index in [1.807, 2.05) is 6.92 Å². The van der Waals surface area contributed by atoms with Gasteiger partial charge in [-0.15, -0.1) is 0 Å². The van der Waals surface area contributed by atoms with Gasteiger partial charge in [0.1, 0.15) is 0 Å². The maximum Gasteiger partial charge on any atom is 0.360 e. The van der Waals surface area contributed by atoms with Gasteiger partial charge in [-0.3, -0.25) is 9.59 Å². The van der Waals surface area contributed by atoms with Crippen LogP contribution in [0.25, 0.3) is 10.8 Å². The van der Waals surface area contributed by atoms with E-state index >= 15 is 0 Å². The summed E-state index contributed by atoms with van der Waals surface area (Å²) in [5, 5.41) is 8.03. The number of fused-ring (bicyclic) bond motifs is 1. The summed E-state index contributed by atoms with van der Waals surface area (Å²) in [6.07, 6.45) is 5.10. The van der Waals surface area contributed by atoms with E-state index in [2.05, 4.69) is 10.4 Å². The minimum absolute atomic E-state index is 0.0565. The van der Waals surface area contributed by atoms with E-state index in [9.17, 15) is 14.4 Å². The molecule has 7 heteroatoms. The fourth-order valence-electron chi connectivity index (χ4n) is 3.58. The van der Waals surface area contributed by atoms with Crippen molar-refractivity contribution in [3.05, 3.63) is 40.3 Å². The minimum Gasteiger partial charge on any atom is -0.448 e. The normalized spacial score (nSPS) is 15.9. The Kier molecular flexibility index (Phi) is 6.44. The van der Waals surface area contributed by atoms with Gasteiger partial charge in [0.25, 0.3) is 11.5 Å². The number of nitrogens with zero attached hydrogens (tertiary/aromatic N) is 2. The maximum absolute atomic E-state index is 12.8. The molecule has 2 aromatic rings. The second-order valence-corrected chi connectivity index (χ2v) is 7.31. The average Bonchev–Trinajstić information content (AvgIpc) is 2.71. The molecule has 1 aliphatic carbocycles. The van der Waals surface area contributed by atoms with E-state index in [-0.39, 0.29) is 23.2 Å². The molecule has 1 aliphatic rings. The Morgan fingerprint density at radius 1 is 1.21 bits per heavy atom. The number of carbonyl (C=O) groups excluding carboxylic acids is 2. The number of hydrogen-bond donors (Lipinski definition) is 1. The topological polar surface area (TPSA) is 90.3 Å². The summed E-state index contributed by atoms with van der Waals surface area (Å²) in [5.74, 6) is -1.00. The molecule has 0 bridgehead atoms. The number of carbonyl (C=O) groups is 2. The van der Waals surface area contributed by atoms with E-state index in [1.54, 1.807) is 31.2 Å². The number of hydrogen-bond acceptors (Lipinski definition) is 5. The van der Waals surface area contributed by atoms with Crippen LogP contribution in [0.3, 0.4) is 0 Å². The van der Waals surface area contributed by atoms with Crippen LogP contribution in [-0.2, 0) is 16.1 Å². The zero-order valence-electron chi connectivity index (χ0n) is 16.4. The Labute approximate surface area is 164 Å². The minimum atomic E-state index is -0.929. The van der Waals surface area contributed by atoms with Gasteiger partial charge in [0.05, 0.1) is 5.39 Å². The van der Waals surface area contributed by atoms with Gasteiger partial charge in [-0.05, 0) is 32.3 Å². The van der Waals surface area contributed by atoms with Crippen molar-refractivity contribution in [1.29, 1.82) is 0 Å². The number of nitrogens with one attached hydrogen (secondary N) is 1. The predicted molar refractivity (Wildman–Crippen MR) is 106 cm³/mol. The third-order valence-electron chi connectivity index (χ3n) is 5.10. The lowest BCUT2D eigenvalue weighted by molar-refractivity contribution is -0.130. The summed E-state index contributed by atoms with van der Waals surface area (Å²) >= 11 is 0. The third kappa shape index (κ3) is 4.40. The number of ether oxygens (including phenoxy) is 1. The van der Waals surface area contributed by atoms with Crippen molar-refractivity contribution in [3.63, 3.8) is 0 Å². The molecular weight excluding hydrogens is 358 g/mol. The molecule has 150 valence electrons. The standard InChI is InChI=1S/C21H27N3O4/c1-3-13-24-20(26)17-12-8-7-11-16(17)18(23-24)21(27)28-14(2)19(25)22-15-9-5-4-6-10-15/h7-8,11-12,14-15H,3-6,9-10,13H2,1-2H3,(H,22,25). The number of amides is 1. The lowest BCUT2D eigenvalue weighted by atomic mass is 9.95. The number of benzene rings is 1. The van der Waals surface area contributed by atoms with Crippen molar-refractivity contribution in [2.24, 2.45) is 0 Å². The first-order valence-corrected chi connectivity index (χ1v) is 10.0. The van der Waals surface area contributed by atoms with Crippen molar-refractivity contribution in [2.45, 2.75) is 71.1 Å². The SMILES string of the molecule is CCCn1nc(C(=O)OC(C)C(=O)NC2CCCCC2)c2ccccc2c1=O. The van der Waals surface area contributed by atoms with Crippen LogP contribution in [0.2, 0.25) is 0 Å². The zero-order valence-corrected chi connectivity index (χ0v) is 16.4. The highest BCUT2D eigenvalue weighted by Crippen LogP contribution is 2.18. The van der Waals surface area contributed by atoms with Gasteiger partial charge in [0.15, 0.2) is 11.8 Å². The molecule has 1 atom stereocenters. The maximum atomic E-state index is 12.8. The summed E-state index contributed by atoms with van der Waals surface area (Å²) in [6.45, 7) is 3.89. The van der Waals surface area contributed by atoms with E-state index in [4.69, 9.17) is 4.74 Å². The van der Waals surface area contributed by atoms with Crippen LogP contribution < -0.4 is 10.9 Å². The fourth-order valence-corrected chi connectivity index (χ4v) is 3.58. The van der Waals surface area contributed by atoms with Crippen LogP contribution in [0.5, 0.6) is 0 Å². The molecule has 1 aromatic carbocycles. The lowest BCUT2D eigenvalue weighted by Gasteiger charge is -2.24. The third-order valence-corrected chi connectivity index (χ3v) is 5.10. The second kappa shape index (κ2) is 8.99. The molecule has 1 aromatic heterocycles. The Hall–Kier alpha value is -2.70. The molecule has 1 unspecified atom stereocenters. The molecule has 0 radical (unpaired) electrons. The molecule has 0 aliphatic heterocycles. The summed E-state index contributed by atoms with van der Waals surface area (Å²) in [4.78, 5) is 37.7. The van der Waals surface area contributed by atoms with Crippen LogP contribution in [0.4, 0.5) is 0 Å². The molecule has 1 fully saturated rings. The van der Waals surface area contributed by atoms with Crippen molar-refractivity contribution in [2.75, 3.05) is 0 Å². The van der Waals surface area contributed by atoms with Gasteiger partial charge in [-0.1, -0.05) is 44.4 Å². The van der Waals surface area contributed by atoms with Crippen LogP contribution in [-0.4, -0.2) is 33.8 Å². The summed E-state index contributed by atoms with van der Waals surface area (Å²) in [6, 6.07) is 6.97. The van der Waals surface area contributed by atoms with E-state index in [1.165, 1.54) is 11.1 Å². The predicted octanol–water partition coefficient (Wildman–Crippen LogP) is 2.80. The summed E-state index contributed by atoms with van der Waals surface area (Å²) in [5.41, 5.74) is -0.182. The molecule has 1 amide bonds.